The van der Waals surface area contributed by atoms with Gasteiger partial charge in [-0.25, -0.2) is 0 Å². The molecule has 0 bridgehead atoms. The summed E-state index contributed by atoms with van der Waals surface area (Å²) in [4.78, 5) is 0. The summed E-state index contributed by atoms with van der Waals surface area (Å²) in [6.45, 7) is 4.26. The van der Waals surface area contributed by atoms with Crippen LogP contribution in [0.1, 0.15) is 51.9 Å². The van der Waals surface area contributed by atoms with E-state index in [-0.39, 0.29) is 0 Å². The SMILES string of the molecule is CCCCCCCC[N+](C)(C)CCCOC1O[C@H](CO)[C@@H](O)[C@H](O)[C@H]1O. The highest BCUT2D eigenvalue weighted by Gasteiger charge is 2.43. The van der Waals surface area contributed by atoms with Gasteiger partial charge in [-0.1, -0.05) is 32.6 Å². The van der Waals surface area contributed by atoms with Crippen LogP contribution in [0.2, 0.25) is 0 Å². The van der Waals surface area contributed by atoms with Crippen LogP contribution in [0.3, 0.4) is 0 Å². The van der Waals surface area contributed by atoms with Crippen molar-refractivity contribution in [3.63, 3.8) is 0 Å². The van der Waals surface area contributed by atoms with Crippen LogP contribution in [-0.2, 0) is 9.47 Å². The Morgan fingerprint density at radius 1 is 0.846 bits per heavy atom. The molecule has 0 radical (unpaired) electrons. The summed E-state index contributed by atoms with van der Waals surface area (Å²) in [5.41, 5.74) is 0. The highest BCUT2D eigenvalue weighted by molar-refractivity contribution is 4.88. The predicted molar refractivity (Wildman–Crippen MR) is 99.6 cm³/mol. The van der Waals surface area contributed by atoms with Crippen LogP contribution in [-0.4, -0.2) is 96.0 Å². The van der Waals surface area contributed by atoms with E-state index in [0.29, 0.717) is 6.61 Å². The highest BCUT2D eigenvalue weighted by Crippen LogP contribution is 2.22. The minimum absolute atomic E-state index is 0.390. The molecule has 4 N–H and O–H groups in total. The Kier molecular flexibility index (Phi) is 11.2. The summed E-state index contributed by atoms with van der Waals surface area (Å²) in [5, 5.41) is 38.6. The molecule has 1 fully saturated rings. The third kappa shape index (κ3) is 8.17. The molecule has 7 heteroatoms. The average Bonchev–Trinajstić information content (AvgIpc) is 2.61. The second kappa shape index (κ2) is 12.2. The molecule has 1 unspecified atom stereocenters. The molecule has 156 valence electrons. The molecule has 0 amide bonds. The van der Waals surface area contributed by atoms with Crippen molar-refractivity contribution in [1.82, 2.24) is 0 Å². The molecule has 1 aliphatic rings. The average molecular weight is 379 g/mol. The largest absolute Gasteiger partial charge is 0.394 e. The number of ether oxygens (including phenoxy) is 2. The molecule has 1 saturated heterocycles. The normalized spacial score (nSPS) is 29.9. The van der Waals surface area contributed by atoms with Gasteiger partial charge in [0, 0.05) is 6.42 Å². The molecule has 7 nitrogen and oxygen atoms in total. The summed E-state index contributed by atoms with van der Waals surface area (Å²) in [6, 6.07) is 0. The van der Waals surface area contributed by atoms with E-state index in [2.05, 4.69) is 21.0 Å². The molecule has 26 heavy (non-hydrogen) atoms. The van der Waals surface area contributed by atoms with Gasteiger partial charge in [0.15, 0.2) is 6.29 Å². The van der Waals surface area contributed by atoms with Crippen LogP contribution >= 0.6 is 0 Å². The molecule has 0 aromatic rings. The minimum Gasteiger partial charge on any atom is -0.394 e. The van der Waals surface area contributed by atoms with Crippen LogP contribution in [0, 0.1) is 0 Å². The van der Waals surface area contributed by atoms with Crippen molar-refractivity contribution in [2.75, 3.05) is 40.4 Å². The summed E-state index contributed by atoms with van der Waals surface area (Å²) < 4.78 is 11.8. The van der Waals surface area contributed by atoms with E-state index in [1.54, 1.807) is 0 Å². The lowest BCUT2D eigenvalue weighted by atomic mass is 9.99. The lowest BCUT2D eigenvalue weighted by Crippen LogP contribution is -2.59. The Bertz CT molecular complexity index is 366. The number of quaternary nitrogens is 1. The van der Waals surface area contributed by atoms with Gasteiger partial charge in [0.05, 0.1) is 40.4 Å². The lowest BCUT2D eigenvalue weighted by molar-refractivity contribution is -0.890. The fraction of sp³-hybridized carbons (Fsp3) is 1.00. The molecule has 1 heterocycles. The van der Waals surface area contributed by atoms with E-state index in [9.17, 15) is 20.4 Å². The molecule has 0 saturated carbocycles. The Labute approximate surface area is 158 Å². The Balaban J connectivity index is 2.21. The van der Waals surface area contributed by atoms with Gasteiger partial charge in [-0.3, -0.25) is 0 Å². The molecule has 0 aromatic heterocycles. The van der Waals surface area contributed by atoms with Gasteiger partial charge in [-0.05, 0) is 12.8 Å². The van der Waals surface area contributed by atoms with Gasteiger partial charge in [-0.2, -0.15) is 0 Å². The fourth-order valence-electron chi connectivity index (χ4n) is 3.33. The first-order valence-electron chi connectivity index (χ1n) is 10.1. The first kappa shape index (κ1) is 23.8. The van der Waals surface area contributed by atoms with Crippen molar-refractivity contribution >= 4 is 0 Å². The zero-order valence-electron chi connectivity index (χ0n) is 16.7. The second-order valence-corrected chi connectivity index (χ2v) is 8.07. The molecule has 0 aromatic carbocycles. The summed E-state index contributed by atoms with van der Waals surface area (Å²) in [6.07, 6.45) is 2.56. The Hall–Kier alpha value is -0.280. The van der Waals surface area contributed by atoms with Crippen molar-refractivity contribution in [1.29, 1.82) is 0 Å². The van der Waals surface area contributed by atoms with Crippen molar-refractivity contribution < 1.29 is 34.4 Å². The molecular weight excluding hydrogens is 338 g/mol. The number of aliphatic hydroxyl groups excluding tert-OH is 4. The molecule has 5 atom stereocenters. The Morgan fingerprint density at radius 2 is 1.46 bits per heavy atom. The van der Waals surface area contributed by atoms with Crippen molar-refractivity contribution in [3.05, 3.63) is 0 Å². The second-order valence-electron chi connectivity index (χ2n) is 8.07. The minimum atomic E-state index is -1.38. The number of unbranched alkanes of at least 4 members (excludes halogenated alkanes) is 5. The van der Waals surface area contributed by atoms with Crippen LogP contribution in [0.15, 0.2) is 0 Å². The predicted octanol–water partition coefficient (Wildman–Crippen LogP) is 0.630. The zero-order valence-corrected chi connectivity index (χ0v) is 16.7. The topological polar surface area (TPSA) is 99.4 Å². The van der Waals surface area contributed by atoms with Gasteiger partial charge >= 0.3 is 0 Å². The maximum Gasteiger partial charge on any atom is 0.186 e. The van der Waals surface area contributed by atoms with Crippen molar-refractivity contribution in [2.45, 2.75) is 82.6 Å². The maximum absolute atomic E-state index is 9.94. The summed E-state index contributed by atoms with van der Waals surface area (Å²) in [7, 11) is 4.42. The molecule has 1 rings (SSSR count). The standard InChI is InChI=1S/C19H40NO6/c1-4-5-6-7-8-9-11-20(2,3)12-10-13-25-19-18(24)17(23)16(22)15(14-21)26-19/h15-19,21-24H,4-14H2,1-3H3/q+1/t15-,16-,17+,18-,19?/m1/s1. The van der Waals surface area contributed by atoms with E-state index in [4.69, 9.17) is 9.47 Å². The smallest absolute Gasteiger partial charge is 0.186 e. The number of nitrogens with zero attached hydrogens (tertiary/aromatic N) is 1. The van der Waals surface area contributed by atoms with Gasteiger partial charge in [0.2, 0.25) is 0 Å². The number of hydrogen-bond acceptors (Lipinski definition) is 6. The number of hydrogen-bond donors (Lipinski definition) is 4. The summed E-state index contributed by atoms with van der Waals surface area (Å²) in [5.74, 6) is 0. The quantitative estimate of drug-likeness (QED) is 0.277. The van der Waals surface area contributed by atoms with Crippen molar-refractivity contribution in [2.24, 2.45) is 0 Å². The van der Waals surface area contributed by atoms with E-state index in [1.807, 2.05) is 0 Å². The van der Waals surface area contributed by atoms with E-state index in [1.165, 1.54) is 38.5 Å². The molecule has 0 spiro atoms. The summed E-state index contributed by atoms with van der Waals surface area (Å²) >= 11 is 0. The van der Waals surface area contributed by atoms with Crippen LogP contribution in [0.5, 0.6) is 0 Å². The molecular formula is C19H40NO6+. The van der Waals surface area contributed by atoms with Gasteiger partial charge in [-0.15, -0.1) is 0 Å². The third-order valence-corrected chi connectivity index (χ3v) is 5.16. The molecule has 1 aliphatic heterocycles. The zero-order chi connectivity index (χ0) is 19.6. The first-order chi connectivity index (χ1) is 12.3. The number of rotatable bonds is 13. The maximum atomic E-state index is 9.94. The van der Waals surface area contributed by atoms with E-state index >= 15 is 0 Å². The number of aliphatic hydroxyl groups is 4. The lowest BCUT2D eigenvalue weighted by Gasteiger charge is -2.39. The van der Waals surface area contributed by atoms with E-state index < -0.39 is 37.3 Å². The van der Waals surface area contributed by atoms with Gasteiger partial charge in [0.1, 0.15) is 24.4 Å². The van der Waals surface area contributed by atoms with Crippen molar-refractivity contribution in [3.8, 4) is 0 Å². The first-order valence-corrected chi connectivity index (χ1v) is 10.1. The van der Waals surface area contributed by atoms with Gasteiger partial charge in [0.25, 0.3) is 0 Å². The monoisotopic (exact) mass is 378 g/mol. The van der Waals surface area contributed by atoms with Crippen LogP contribution in [0.25, 0.3) is 0 Å². The van der Waals surface area contributed by atoms with Crippen LogP contribution in [0.4, 0.5) is 0 Å². The molecule has 0 aliphatic carbocycles. The highest BCUT2D eigenvalue weighted by atomic mass is 16.7. The van der Waals surface area contributed by atoms with Gasteiger partial charge < -0.3 is 34.4 Å². The third-order valence-electron chi connectivity index (χ3n) is 5.16. The Morgan fingerprint density at radius 3 is 2.12 bits per heavy atom. The van der Waals surface area contributed by atoms with Crippen LogP contribution < -0.4 is 0 Å². The fourth-order valence-corrected chi connectivity index (χ4v) is 3.33. The van der Waals surface area contributed by atoms with E-state index in [0.717, 1.165) is 24.0 Å².